The van der Waals surface area contributed by atoms with Crippen molar-refractivity contribution in [3.8, 4) is 0 Å². The zero-order chi connectivity index (χ0) is 30.9. The molecule has 0 aliphatic heterocycles. The molecule has 6 N–H and O–H groups in total. The van der Waals surface area contributed by atoms with Crippen molar-refractivity contribution in [1.29, 1.82) is 0 Å². The second-order valence-corrected chi connectivity index (χ2v) is 17.3. The third-order valence-electron chi connectivity index (χ3n) is 14.4. The minimum absolute atomic E-state index is 0.0210. The van der Waals surface area contributed by atoms with E-state index >= 15 is 0 Å². The summed E-state index contributed by atoms with van der Waals surface area (Å²) in [5.41, 5.74) is 20.8. The number of aliphatic carboxylic acids is 1. The van der Waals surface area contributed by atoms with E-state index in [1.165, 1.54) is 29.5 Å². The van der Waals surface area contributed by atoms with E-state index in [0.29, 0.717) is 11.8 Å². The van der Waals surface area contributed by atoms with Gasteiger partial charge < -0.3 is 16.6 Å². The first kappa shape index (κ1) is 29.0. The number of fused-ring (bicyclic) bond motifs is 8. The third kappa shape index (κ3) is 3.70. The molecule has 43 heavy (non-hydrogen) atoms. The number of nitrogens with one attached hydrogen (secondary N) is 1. The molecular formula is C37H52N4O2. The largest absolute Gasteiger partial charge is 0.481 e. The number of hydrogen-bond donors (Lipinski definition) is 4. The Bertz CT molecular complexity index is 1530. The number of nitrogen functional groups attached to an aromatic ring is 2. The summed E-state index contributed by atoms with van der Waals surface area (Å²) in [6.07, 6.45) is 8.12. The summed E-state index contributed by atoms with van der Waals surface area (Å²) in [6, 6.07) is 8.44. The van der Waals surface area contributed by atoms with Crippen LogP contribution < -0.4 is 11.5 Å². The van der Waals surface area contributed by atoms with E-state index in [1.54, 1.807) is 5.57 Å². The van der Waals surface area contributed by atoms with Crippen molar-refractivity contribution in [2.45, 2.75) is 105 Å². The molecule has 0 saturated heterocycles. The number of allylic oxidation sites excluding steroid dienone is 2. The smallest absolute Gasteiger partial charge is 0.306 e. The first-order chi connectivity index (χ1) is 20.0. The Morgan fingerprint density at radius 2 is 1.70 bits per heavy atom. The molecule has 3 fully saturated rings. The van der Waals surface area contributed by atoms with E-state index in [4.69, 9.17) is 16.6 Å². The van der Waals surface area contributed by atoms with Gasteiger partial charge in [-0.1, -0.05) is 72.2 Å². The van der Waals surface area contributed by atoms with Crippen molar-refractivity contribution in [1.82, 2.24) is 10.2 Å². The second kappa shape index (κ2) is 8.91. The summed E-state index contributed by atoms with van der Waals surface area (Å²) in [7, 11) is 0. The monoisotopic (exact) mass is 584 g/mol. The van der Waals surface area contributed by atoms with Crippen LogP contribution in [0.4, 0.5) is 11.5 Å². The number of carboxylic acids is 1. The Labute approximate surface area is 257 Å². The van der Waals surface area contributed by atoms with Crippen LogP contribution in [0.1, 0.15) is 110 Å². The lowest BCUT2D eigenvalue weighted by Gasteiger charge is -2.70. The number of para-hydroxylation sites is 1. The van der Waals surface area contributed by atoms with Gasteiger partial charge in [0.25, 0.3) is 0 Å². The SMILES string of the molecule is CC1(C)CC2C3=C(c4ccccc4N)CC4[C@@]5(C)Cc6c(n[nH]c6N)C(C)(C)C5CC[C@@]4(C)[C@]3(C)CC[C@@H]2[C@H](C(=O)O)C1. The van der Waals surface area contributed by atoms with Crippen molar-refractivity contribution in [2.24, 2.45) is 51.2 Å². The molecule has 0 amide bonds. The van der Waals surface area contributed by atoms with Crippen LogP contribution >= 0.6 is 0 Å². The maximum atomic E-state index is 12.7. The molecule has 0 spiro atoms. The number of nitrogens with zero attached hydrogens (tertiary/aromatic N) is 1. The van der Waals surface area contributed by atoms with Gasteiger partial charge in [0.1, 0.15) is 5.82 Å². The molecule has 232 valence electrons. The highest BCUT2D eigenvalue weighted by Crippen LogP contribution is 2.76. The predicted molar refractivity (Wildman–Crippen MR) is 173 cm³/mol. The fourth-order valence-electron chi connectivity index (χ4n) is 12.4. The quantitative estimate of drug-likeness (QED) is 0.268. The molecule has 5 aliphatic carbocycles. The molecule has 1 heterocycles. The summed E-state index contributed by atoms with van der Waals surface area (Å²) < 4.78 is 0. The molecule has 6 heteroatoms. The number of benzene rings is 1. The Hall–Kier alpha value is -2.76. The molecule has 8 atom stereocenters. The molecule has 1 aromatic carbocycles. The average Bonchev–Trinajstić information content (AvgIpc) is 3.28. The lowest BCUT2D eigenvalue weighted by atomic mass is 9.33. The topological polar surface area (TPSA) is 118 Å². The zero-order valence-electron chi connectivity index (χ0n) is 27.3. The zero-order valence-corrected chi connectivity index (χ0v) is 27.3. The van der Waals surface area contributed by atoms with Crippen molar-refractivity contribution in [3.63, 3.8) is 0 Å². The van der Waals surface area contributed by atoms with Crippen LogP contribution in [-0.2, 0) is 16.6 Å². The van der Waals surface area contributed by atoms with Gasteiger partial charge in [0.15, 0.2) is 0 Å². The number of H-pyrrole nitrogens is 1. The molecule has 0 radical (unpaired) electrons. The van der Waals surface area contributed by atoms with Crippen LogP contribution in [0.15, 0.2) is 29.8 Å². The van der Waals surface area contributed by atoms with Crippen molar-refractivity contribution in [3.05, 3.63) is 46.7 Å². The van der Waals surface area contributed by atoms with E-state index in [9.17, 15) is 9.90 Å². The van der Waals surface area contributed by atoms with Gasteiger partial charge in [-0.15, -0.1) is 0 Å². The molecule has 3 unspecified atom stereocenters. The van der Waals surface area contributed by atoms with E-state index in [0.717, 1.165) is 55.7 Å². The van der Waals surface area contributed by atoms with Crippen LogP contribution in [-0.4, -0.2) is 21.3 Å². The molecule has 6 nitrogen and oxygen atoms in total. The number of anilines is 2. The molecule has 0 bridgehead atoms. The van der Waals surface area contributed by atoms with Gasteiger partial charge in [-0.2, -0.15) is 5.10 Å². The number of aromatic amines is 1. The van der Waals surface area contributed by atoms with Crippen molar-refractivity contribution in [2.75, 3.05) is 11.5 Å². The molecule has 7 rings (SSSR count). The van der Waals surface area contributed by atoms with Gasteiger partial charge in [0, 0.05) is 22.2 Å². The lowest BCUT2D eigenvalue weighted by Crippen LogP contribution is -2.64. The number of carbonyl (C=O) groups is 1. The van der Waals surface area contributed by atoms with Gasteiger partial charge in [0.2, 0.25) is 0 Å². The molecule has 2 aromatic rings. The van der Waals surface area contributed by atoms with Crippen LogP contribution in [0.3, 0.4) is 0 Å². The fourth-order valence-corrected chi connectivity index (χ4v) is 12.4. The number of carboxylic acid groups (broad SMARTS) is 1. The second-order valence-electron chi connectivity index (χ2n) is 17.3. The predicted octanol–water partition coefficient (Wildman–Crippen LogP) is 7.86. The summed E-state index contributed by atoms with van der Waals surface area (Å²) in [5.74, 6) is 1.20. The van der Waals surface area contributed by atoms with Gasteiger partial charge in [0.05, 0.1) is 11.6 Å². The van der Waals surface area contributed by atoms with Gasteiger partial charge in [-0.3, -0.25) is 9.89 Å². The number of rotatable bonds is 2. The molecule has 5 aliphatic rings. The first-order valence-electron chi connectivity index (χ1n) is 16.7. The van der Waals surface area contributed by atoms with Crippen molar-refractivity contribution >= 4 is 23.0 Å². The Morgan fingerprint density at radius 1 is 0.977 bits per heavy atom. The summed E-state index contributed by atoms with van der Waals surface area (Å²) in [5, 5.41) is 18.4. The van der Waals surface area contributed by atoms with E-state index in [1.807, 2.05) is 12.1 Å². The molecule has 3 saturated carbocycles. The number of hydrogen-bond acceptors (Lipinski definition) is 4. The van der Waals surface area contributed by atoms with Crippen molar-refractivity contribution < 1.29 is 9.90 Å². The standard InChI is InChI=1S/C37H52N4O2/c1-33(2)17-23-20(24(18-33)32(42)43)12-14-37(7)29(23)22(21-10-8-9-11-26(21)38)16-28-35(5)19-25-30(40-41-31(25)39)34(3,4)27(35)13-15-36(28,37)6/h8-11,20,23-24,27-28H,12-19,38H2,1-7H3,(H,42,43)(H3,39,40,41)/t20-,23?,24+,27?,28?,35-,36+,37+/m0/s1. The van der Waals surface area contributed by atoms with Gasteiger partial charge >= 0.3 is 5.97 Å². The maximum absolute atomic E-state index is 12.7. The minimum Gasteiger partial charge on any atom is -0.481 e. The lowest BCUT2D eigenvalue weighted by molar-refractivity contribution is -0.161. The molecule has 1 aromatic heterocycles. The highest BCUT2D eigenvalue weighted by Gasteiger charge is 2.68. The Morgan fingerprint density at radius 3 is 2.40 bits per heavy atom. The highest BCUT2D eigenvalue weighted by atomic mass is 16.4. The average molecular weight is 585 g/mol. The fraction of sp³-hybridized carbons (Fsp3) is 0.676. The first-order valence-corrected chi connectivity index (χ1v) is 16.7. The van der Waals surface area contributed by atoms with Crippen LogP contribution in [0.25, 0.3) is 5.57 Å². The van der Waals surface area contributed by atoms with E-state index in [-0.39, 0.29) is 44.8 Å². The number of nitrogens with two attached hydrogens (primary N) is 2. The van der Waals surface area contributed by atoms with Crippen LogP contribution in [0.2, 0.25) is 0 Å². The highest BCUT2D eigenvalue weighted by molar-refractivity contribution is 5.80. The van der Waals surface area contributed by atoms with E-state index in [2.05, 4.69) is 65.7 Å². The summed E-state index contributed by atoms with van der Waals surface area (Å²) in [4.78, 5) is 12.7. The Kier molecular flexibility index (Phi) is 6.01. The van der Waals surface area contributed by atoms with Crippen LogP contribution in [0.5, 0.6) is 0 Å². The summed E-state index contributed by atoms with van der Waals surface area (Å²) >= 11 is 0. The van der Waals surface area contributed by atoms with Gasteiger partial charge in [-0.05, 0) is 108 Å². The maximum Gasteiger partial charge on any atom is 0.306 e. The summed E-state index contributed by atoms with van der Waals surface area (Å²) in [6.45, 7) is 17.1. The third-order valence-corrected chi connectivity index (χ3v) is 14.4. The number of aromatic nitrogens is 2. The minimum atomic E-state index is -0.612. The molecular weight excluding hydrogens is 532 g/mol. The Balaban J connectivity index is 1.47. The van der Waals surface area contributed by atoms with E-state index < -0.39 is 5.97 Å². The van der Waals surface area contributed by atoms with Gasteiger partial charge in [-0.25, -0.2) is 0 Å². The normalized spacial score (nSPS) is 40.9. The van der Waals surface area contributed by atoms with Crippen LogP contribution in [0, 0.1) is 51.2 Å².